The minimum absolute atomic E-state index is 0.628. The molecule has 0 saturated carbocycles. The molecule has 0 N–H and O–H groups in total. The van der Waals surface area contributed by atoms with Gasteiger partial charge >= 0.3 is 0 Å². The number of rotatable bonds is 5. The zero-order chi connectivity index (χ0) is 37.5. The Morgan fingerprint density at radius 3 is 1.53 bits per heavy atom. The zero-order valence-electron chi connectivity index (χ0n) is 30.8. The molecule has 0 radical (unpaired) electrons. The fourth-order valence-electron chi connectivity index (χ4n) is 9.13. The molecule has 0 fully saturated rings. The first-order valence-corrected chi connectivity index (χ1v) is 19.4. The summed E-state index contributed by atoms with van der Waals surface area (Å²) in [7, 11) is 0. The molecule has 0 aliphatic heterocycles. The molecule has 57 heavy (non-hydrogen) atoms. The predicted octanol–water partition coefficient (Wildman–Crippen LogP) is 13.6. The zero-order valence-corrected chi connectivity index (χ0v) is 30.8. The van der Waals surface area contributed by atoms with Crippen molar-refractivity contribution in [3.63, 3.8) is 0 Å². The van der Waals surface area contributed by atoms with E-state index >= 15 is 0 Å². The Morgan fingerprint density at radius 2 is 0.842 bits per heavy atom. The second-order valence-electron chi connectivity index (χ2n) is 14.7. The van der Waals surface area contributed by atoms with Gasteiger partial charge in [0.25, 0.3) is 0 Å². The lowest BCUT2D eigenvalue weighted by Crippen LogP contribution is -2.04. The summed E-state index contributed by atoms with van der Waals surface area (Å²) in [6, 6.07) is 69.2. The highest BCUT2D eigenvalue weighted by atomic mass is 15.1. The normalized spacial score (nSPS) is 11.9. The molecule has 264 valence electrons. The first kappa shape index (κ1) is 31.6. The number of hydrogen-bond acceptors (Lipinski definition) is 3. The van der Waals surface area contributed by atoms with E-state index in [1.165, 1.54) is 54.9 Å². The Hall–Kier alpha value is -7.69. The van der Waals surface area contributed by atoms with Crippen LogP contribution in [0.1, 0.15) is 0 Å². The van der Waals surface area contributed by atoms with Gasteiger partial charge in [0.05, 0.1) is 22.3 Å². The molecule has 1 aliphatic rings. The number of nitrogens with zero attached hydrogens (tertiary/aromatic N) is 4. The van der Waals surface area contributed by atoms with Crippen LogP contribution < -0.4 is 0 Å². The molecule has 4 heteroatoms. The molecular formula is C53H32N4. The Morgan fingerprint density at radius 1 is 0.316 bits per heavy atom. The summed E-state index contributed by atoms with van der Waals surface area (Å²) in [5, 5.41) is 7.22. The molecule has 0 bridgehead atoms. The minimum Gasteiger partial charge on any atom is -0.308 e. The van der Waals surface area contributed by atoms with Crippen molar-refractivity contribution < 1.29 is 0 Å². The molecule has 11 aromatic rings. The molecular weight excluding hydrogens is 693 g/mol. The Labute approximate surface area is 329 Å². The van der Waals surface area contributed by atoms with Crippen LogP contribution in [0, 0.1) is 0 Å². The van der Waals surface area contributed by atoms with Crippen molar-refractivity contribution in [2.75, 3.05) is 0 Å². The lowest BCUT2D eigenvalue weighted by atomic mass is 9.90. The van der Waals surface area contributed by atoms with Gasteiger partial charge in [0.15, 0.2) is 17.5 Å². The largest absolute Gasteiger partial charge is 0.308 e. The maximum absolute atomic E-state index is 5.33. The summed E-state index contributed by atoms with van der Waals surface area (Å²) in [6.07, 6.45) is 0. The number of hydrogen-bond donors (Lipinski definition) is 0. The van der Waals surface area contributed by atoms with Gasteiger partial charge in [-0.1, -0.05) is 176 Å². The summed E-state index contributed by atoms with van der Waals surface area (Å²) in [5.74, 6) is 1.90. The Bertz CT molecular complexity index is 3330. The summed E-state index contributed by atoms with van der Waals surface area (Å²) in [4.78, 5) is 15.7. The van der Waals surface area contributed by atoms with Crippen LogP contribution in [-0.4, -0.2) is 19.5 Å². The van der Waals surface area contributed by atoms with E-state index < -0.39 is 0 Å². The number of fused-ring (bicyclic) bond motifs is 4. The molecule has 4 nitrogen and oxygen atoms in total. The van der Waals surface area contributed by atoms with Gasteiger partial charge < -0.3 is 4.57 Å². The Balaban J connectivity index is 1.27. The van der Waals surface area contributed by atoms with Gasteiger partial charge in [0.2, 0.25) is 0 Å². The van der Waals surface area contributed by atoms with Crippen LogP contribution in [0.5, 0.6) is 0 Å². The predicted molar refractivity (Wildman–Crippen MR) is 235 cm³/mol. The van der Waals surface area contributed by atoms with Gasteiger partial charge in [-0.25, -0.2) is 15.0 Å². The first-order chi connectivity index (χ1) is 28.3. The van der Waals surface area contributed by atoms with Gasteiger partial charge in [-0.15, -0.1) is 0 Å². The van der Waals surface area contributed by atoms with Crippen LogP contribution in [0.25, 0.3) is 117 Å². The molecule has 9 aromatic carbocycles. The molecule has 0 unspecified atom stereocenters. The van der Waals surface area contributed by atoms with Crippen molar-refractivity contribution in [3.05, 3.63) is 194 Å². The summed E-state index contributed by atoms with van der Waals surface area (Å²) in [6.45, 7) is 0. The van der Waals surface area contributed by atoms with Crippen molar-refractivity contribution >= 4 is 43.4 Å². The number of aromatic nitrogens is 4. The van der Waals surface area contributed by atoms with Crippen molar-refractivity contribution in [1.29, 1.82) is 0 Å². The van der Waals surface area contributed by atoms with Crippen LogP contribution in [0.3, 0.4) is 0 Å². The van der Waals surface area contributed by atoms with Gasteiger partial charge in [-0.05, 0) is 67.7 Å². The van der Waals surface area contributed by atoms with E-state index in [4.69, 9.17) is 15.0 Å². The third-order valence-corrected chi connectivity index (χ3v) is 11.6. The van der Waals surface area contributed by atoms with E-state index in [0.717, 1.165) is 44.2 Å². The molecule has 2 aromatic heterocycles. The third kappa shape index (κ3) is 4.77. The average molecular weight is 725 g/mol. The molecule has 0 atom stereocenters. The molecule has 0 spiro atoms. The molecule has 2 heterocycles. The van der Waals surface area contributed by atoms with Crippen LogP contribution in [0.15, 0.2) is 194 Å². The first-order valence-electron chi connectivity index (χ1n) is 19.4. The van der Waals surface area contributed by atoms with E-state index in [-0.39, 0.29) is 0 Å². The van der Waals surface area contributed by atoms with Crippen LogP contribution in [0.4, 0.5) is 0 Å². The second kappa shape index (κ2) is 12.4. The molecule has 0 amide bonds. The second-order valence-corrected chi connectivity index (χ2v) is 14.7. The van der Waals surface area contributed by atoms with Crippen molar-refractivity contribution in [2.24, 2.45) is 0 Å². The van der Waals surface area contributed by atoms with E-state index in [1.807, 2.05) is 36.4 Å². The Kier molecular flexibility index (Phi) is 6.89. The molecule has 0 saturated heterocycles. The topological polar surface area (TPSA) is 43.6 Å². The minimum atomic E-state index is 0.628. The average Bonchev–Trinajstić information content (AvgIpc) is 3.56. The van der Waals surface area contributed by atoms with Crippen molar-refractivity contribution in [2.45, 2.75) is 0 Å². The fraction of sp³-hybridized carbons (Fsp3) is 0. The van der Waals surface area contributed by atoms with E-state index in [9.17, 15) is 0 Å². The molecule has 12 rings (SSSR count). The van der Waals surface area contributed by atoms with E-state index in [1.54, 1.807) is 0 Å². The fourth-order valence-corrected chi connectivity index (χ4v) is 9.13. The van der Waals surface area contributed by atoms with Gasteiger partial charge in [0.1, 0.15) is 0 Å². The maximum atomic E-state index is 5.33. The molecule has 1 aliphatic carbocycles. The highest BCUT2D eigenvalue weighted by Gasteiger charge is 2.28. The van der Waals surface area contributed by atoms with Gasteiger partial charge in [-0.3, -0.25) is 0 Å². The van der Waals surface area contributed by atoms with E-state index in [0.29, 0.717) is 17.5 Å². The van der Waals surface area contributed by atoms with Crippen LogP contribution >= 0.6 is 0 Å². The van der Waals surface area contributed by atoms with Crippen molar-refractivity contribution in [3.8, 4) is 73.2 Å². The smallest absolute Gasteiger partial charge is 0.166 e. The summed E-state index contributed by atoms with van der Waals surface area (Å²) < 4.78 is 2.47. The standard InChI is InChI=1S/C53H32N4/c1-4-16-33(17-5-1)43-32-46-50-47-40(26-14-27-42(43)47)38-24-12-13-25-39(38)41-28-15-29-44(48(41)50)57(46)45-31-30-34-18-10-11-23-37(34)49(45)53-55-51(35-19-6-2-7-20-35)54-52(56-53)36-21-8-3-9-22-36/h1-32H. The highest BCUT2D eigenvalue weighted by molar-refractivity contribution is 6.32. The van der Waals surface area contributed by atoms with E-state index in [2.05, 4.69) is 162 Å². The maximum Gasteiger partial charge on any atom is 0.166 e. The van der Waals surface area contributed by atoms with Crippen LogP contribution in [0.2, 0.25) is 0 Å². The third-order valence-electron chi connectivity index (χ3n) is 11.6. The lowest BCUT2D eigenvalue weighted by molar-refractivity contribution is 1.07. The summed E-state index contributed by atoms with van der Waals surface area (Å²) in [5.41, 5.74) is 13.5. The van der Waals surface area contributed by atoms with Crippen LogP contribution in [-0.2, 0) is 0 Å². The highest BCUT2D eigenvalue weighted by Crippen LogP contribution is 2.52. The summed E-state index contributed by atoms with van der Waals surface area (Å²) >= 11 is 0. The van der Waals surface area contributed by atoms with Gasteiger partial charge in [0, 0.05) is 27.3 Å². The number of benzene rings is 9. The lowest BCUT2D eigenvalue weighted by Gasteiger charge is -2.19. The SMILES string of the molecule is c1ccc(-c2nc(-c3ccccc3)nc(-c3c(-n4c5cccc6c5c5c7c(cccc7c(-c7ccccc7)cc54)-c4ccccc4-6)ccc4ccccc34)n2)cc1. The van der Waals surface area contributed by atoms with Gasteiger partial charge in [-0.2, -0.15) is 0 Å². The van der Waals surface area contributed by atoms with Crippen molar-refractivity contribution in [1.82, 2.24) is 19.5 Å². The monoisotopic (exact) mass is 724 g/mol. The quantitative estimate of drug-likeness (QED) is 0.177.